The van der Waals surface area contributed by atoms with Crippen molar-refractivity contribution < 1.29 is 18.8 Å². The summed E-state index contributed by atoms with van der Waals surface area (Å²) in [5.74, 6) is 1.59. The Morgan fingerprint density at radius 2 is 1.82 bits per heavy atom. The van der Waals surface area contributed by atoms with E-state index in [9.17, 15) is 10.1 Å². The fraction of sp³-hybridized carbons (Fsp3) is 0.233. The predicted molar refractivity (Wildman–Crippen MR) is 150 cm³/mol. The Bertz CT molecular complexity index is 1570. The molecule has 0 amide bonds. The average molecular weight is 582 g/mol. The third kappa shape index (κ3) is 5.10. The van der Waals surface area contributed by atoms with Crippen LogP contribution in [0.2, 0.25) is 15.1 Å². The molecule has 39 heavy (non-hydrogen) atoms. The van der Waals surface area contributed by atoms with Crippen LogP contribution in [0.25, 0.3) is 11.3 Å². The summed E-state index contributed by atoms with van der Waals surface area (Å²) in [5.41, 5.74) is 2.77. The van der Waals surface area contributed by atoms with Gasteiger partial charge in [0.15, 0.2) is 0 Å². The van der Waals surface area contributed by atoms with E-state index in [-0.39, 0.29) is 18.4 Å². The van der Waals surface area contributed by atoms with Gasteiger partial charge < -0.3 is 14.0 Å². The SMILES string of the molecule is CC(C)c1onc(-c2c(Cl)cccc2Cl)c1COc1ccc(C2CC2(C#N)c2cccc(OC=O)c2)c(Cl)c1. The number of nitriles is 1. The van der Waals surface area contributed by atoms with Crippen molar-refractivity contribution in [2.75, 3.05) is 0 Å². The lowest BCUT2D eigenvalue weighted by Gasteiger charge is -2.14. The van der Waals surface area contributed by atoms with Crippen molar-refractivity contribution >= 4 is 41.3 Å². The molecule has 1 fully saturated rings. The Kier molecular flexibility index (Phi) is 7.59. The molecule has 1 saturated carbocycles. The molecule has 3 aromatic carbocycles. The van der Waals surface area contributed by atoms with Crippen molar-refractivity contribution in [1.82, 2.24) is 5.16 Å². The van der Waals surface area contributed by atoms with Gasteiger partial charge in [-0.25, -0.2) is 0 Å². The standard InChI is InChI=1S/C30H23Cl3N2O4/c1-17(2)29-22(28(35-39-29)27-24(31)7-4-8-25(27)32)14-37-20-9-10-21(26(33)12-20)23-13-30(23,15-34)18-5-3-6-19(11-18)38-16-36/h3-12,16-17,23H,13-14H2,1-2H3. The summed E-state index contributed by atoms with van der Waals surface area (Å²) in [5, 5.41) is 15.8. The van der Waals surface area contributed by atoms with Gasteiger partial charge in [0.1, 0.15) is 29.6 Å². The average Bonchev–Trinajstić information content (AvgIpc) is 3.51. The van der Waals surface area contributed by atoms with Gasteiger partial charge in [-0.15, -0.1) is 0 Å². The number of hydrogen-bond acceptors (Lipinski definition) is 6. The molecule has 0 bridgehead atoms. The predicted octanol–water partition coefficient (Wildman–Crippen LogP) is 8.49. The number of nitrogens with zero attached hydrogens (tertiary/aromatic N) is 2. The molecule has 1 heterocycles. The summed E-state index contributed by atoms with van der Waals surface area (Å²) in [6.07, 6.45) is 0.606. The topological polar surface area (TPSA) is 85.3 Å². The van der Waals surface area contributed by atoms with E-state index in [0.29, 0.717) is 56.5 Å². The number of aromatic nitrogens is 1. The normalized spacial score (nSPS) is 18.0. The Morgan fingerprint density at radius 1 is 1.08 bits per heavy atom. The smallest absolute Gasteiger partial charge is 0.298 e. The number of halogens is 3. The summed E-state index contributed by atoms with van der Waals surface area (Å²) in [7, 11) is 0. The Balaban J connectivity index is 1.39. The molecule has 5 rings (SSSR count). The molecule has 0 radical (unpaired) electrons. The molecule has 0 N–H and O–H groups in total. The minimum atomic E-state index is -0.744. The fourth-order valence-electron chi connectivity index (χ4n) is 4.92. The van der Waals surface area contributed by atoms with Gasteiger partial charge in [-0.1, -0.05) is 78.1 Å². The summed E-state index contributed by atoms with van der Waals surface area (Å²) in [6.45, 7) is 4.55. The quantitative estimate of drug-likeness (QED) is 0.184. The zero-order valence-electron chi connectivity index (χ0n) is 21.1. The van der Waals surface area contributed by atoms with Crippen LogP contribution in [-0.4, -0.2) is 11.6 Å². The van der Waals surface area contributed by atoms with Gasteiger partial charge in [-0.05, 0) is 53.9 Å². The highest BCUT2D eigenvalue weighted by atomic mass is 35.5. The first-order valence-corrected chi connectivity index (χ1v) is 13.4. The van der Waals surface area contributed by atoms with E-state index in [2.05, 4.69) is 11.2 Å². The van der Waals surface area contributed by atoms with E-state index in [0.717, 1.165) is 16.7 Å². The number of carbonyl (C=O) groups excluding carboxylic acids is 1. The molecule has 6 nitrogen and oxygen atoms in total. The zero-order chi connectivity index (χ0) is 27.7. The summed E-state index contributed by atoms with van der Waals surface area (Å²) in [6, 6.07) is 20.2. The van der Waals surface area contributed by atoms with Crippen LogP contribution < -0.4 is 9.47 Å². The lowest BCUT2D eigenvalue weighted by atomic mass is 9.92. The van der Waals surface area contributed by atoms with Gasteiger partial charge in [-0.3, -0.25) is 4.79 Å². The van der Waals surface area contributed by atoms with E-state index in [1.165, 1.54) is 0 Å². The van der Waals surface area contributed by atoms with Crippen LogP contribution in [0.15, 0.2) is 65.2 Å². The zero-order valence-corrected chi connectivity index (χ0v) is 23.3. The van der Waals surface area contributed by atoms with Crippen molar-refractivity contribution in [2.24, 2.45) is 0 Å². The minimum Gasteiger partial charge on any atom is -0.489 e. The van der Waals surface area contributed by atoms with Gasteiger partial charge in [0.2, 0.25) is 0 Å². The molecular weight excluding hydrogens is 559 g/mol. The molecular formula is C30H23Cl3N2O4. The number of carbonyl (C=O) groups is 1. The van der Waals surface area contributed by atoms with Crippen LogP contribution in [-0.2, 0) is 16.8 Å². The van der Waals surface area contributed by atoms with Crippen LogP contribution in [0.1, 0.15) is 54.6 Å². The minimum absolute atomic E-state index is 0.0569. The van der Waals surface area contributed by atoms with Crippen molar-refractivity contribution in [2.45, 2.75) is 44.1 Å². The molecule has 2 unspecified atom stereocenters. The second-order valence-electron chi connectivity index (χ2n) is 9.68. The van der Waals surface area contributed by atoms with Gasteiger partial charge in [0.25, 0.3) is 6.47 Å². The summed E-state index contributed by atoms with van der Waals surface area (Å²) in [4.78, 5) is 10.7. The Labute approximate surface area is 241 Å². The molecule has 1 aliphatic carbocycles. The van der Waals surface area contributed by atoms with E-state index in [1.54, 1.807) is 42.5 Å². The third-order valence-corrected chi connectivity index (χ3v) is 7.92. The first kappa shape index (κ1) is 27.1. The highest BCUT2D eigenvalue weighted by Crippen LogP contribution is 2.61. The maximum absolute atomic E-state index is 10.7. The van der Waals surface area contributed by atoms with Gasteiger partial charge in [-0.2, -0.15) is 5.26 Å². The van der Waals surface area contributed by atoms with Crippen LogP contribution in [0.5, 0.6) is 11.5 Å². The first-order chi connectivity index (χ1) is 18.8. The maximum Gasteiger partial charge on any atom is 0.298 e. The van der Waals surface area contributed by atoms with Gasteiger partial charge >= 0.3 is 0 Å². The molecule has 2 atom stereocenters. The van der Waals surface area contributed by atoms with Crippen LogP contribution in [0, 0.1) is 11.3 Å². The van der Waals surface area contributed by atoms with E-state index >= 15 is 0 Å². The number of benzene rings is 3. The van der Waals surface area contributed by atoms with Crippen molar-refractivity contribution in [1.29, 1.82) is 5.26 Å². The Morgan fingerprint density at radius 3 is 2.49 bits per heavy atom. The number of hydrogen-bond donors (Lipinski definition) is 0. The van der Waals surface area contributed by atoms with E-state index < -0.39 is 5.41 Å². The van der Waals surface area contributed by atoms with Crippen molar-refractivity contribution in [3.63, 3.8) is 0 Å². The third-order valence-electron chi connectivity index (χ3n) is 6.97. The second-order valence-corrected chi connectivity index (χ2v) is 10.9. The molecule has 198 valence electrons. The highest BCUT2D eigenvalue weighted by molar-refractivity contribution is 6.39. The molecule has 9 heteroatoms. The maximum atomic E-state index is 10.7. The van der Waals surface area contributed by atoms with Crippen LogP contribution in [0.4, 0.5) is 0 Å². The van der Waals surface area contributed by atoms with Crippen LogP contribution >= 0.6 is 34.8 Å². The lowest BCUT2D eigenvalue weighted by Crippen LogP contribution is -2.07. The second kappa shape index (κ2) is 10.9. The van der Waals surface area contributed by atoms with E-state index in [1.807, 2.05) is 32.0 Å². The fourth-order valence-corrected chi connectivity index (χ4v) is 5.80. The molecule has 1 aliphatic rings. The van der Waals surface area contributed by atoms with Crippen molar-refractivity contribution in [3.8, 4) is 28.8 Å². The number of rotatable bonds is 9. The van der Waals surface area contributed by atoms with Crippen molar-refractivity contribution in [3.05, 3.63) is 98.2 Å². The molecule has 0 spiro atoms. The van der Waals surface area contributed by atoms with Gasteiger partial charge in [0.05, 0.1) is 27.1 Å². The summed E-state index contributed by atoms with van der Waals surface area (Å²) < 4.78 is 16.8. The molecule has 0 saturated heterocycles. The van der Waals surface area contributed by atoms with E-state index in [4.69, 9.17) is 48.8 Å². The monoisotopic (exact) mass is 580 g/mol. The number of ether oxygens (including phenoxy) is 2. The van der Waals surface area contributed by atoms with Crippen LogP contribution in [0.3, 0.4) is 0 Å². The first-order valence-electron chi connectivity index (χ1n) is 12.3. The van der Waals surface area contributed by atoms with Gasteiger partial charge in [0, 0.05) is 22.4 Å². The highest BCUT2D eigenvalue weighted by Gasteiger charge is 2.57. The molecule has 0 aliphatic heterocycles. The lowest BCUT2D eigenvalue weighted by molar-refractivity contribution is -0.120. The molecule has 1 aromatic heterocycles. The largest absolute Gasteiger partial charge is 0.489 e. The molecule has 4 aromatic rings. The summed E-state index contributed by atoms with van der Waals surface area (Å²) >= 11 is 19.6. The Hall–Kier alpha value is -3.50.